The van der Waals surface area contributed by atoms with Crippen molar-refractivity contribution in [3.8, 4) is 11.4 Å². The highest BCUT2D eigenvalue weighted by Crippen LogP contribution is 2.36. The third-order valence-electron chi connectivity index (χ3n) is 5.57. The quantitative estimate of drug-likeness (QED) is 0.466. The molecular formula is C23H25N5O3. The average Bonchev–Trinajstić information content (AvgIpc) is 2.96. The standard InChI is InChI=1S/C23H25N5O3/c1-11-6-9-16(31-5)12(2)19(11)28-20(24)17(21(25)29)18-22(28)27-14-8-7-13(23(3,4)30)10-15(14)26-18/h6-10,30H,24H2,1-5H3,(H2,25,29). The Labute approximate surface area is 179 Å². The van der Waals surface area contributed by atoms with Gasteiger partial charge >= 0.3 is 0 Å². The van der Waals surface area contributed by atoms with Crippen molar-refractivity contribution in [1.82, 2.24) is 14.5 Å². The van der Waals surface area contributed by atoms with E-state index in [0.29, 0.717) is 33.5 Å². The minimum absolute atomic E-state index is 0.111. The van der Waals surface area contributed by atoms with Crippen LogP contribution in [0.25, 0.3) is 27.9 Å². The molecule has 0 fully saturated rings. The van der Waals surface area contributed by atoms with Crippen molar-refractivity contribution in [3.05, 3.63) is 52.6 Å². The number of rotatable bonds is 4. The summed E-state index contributed by atoms with van der Waals surface area (Å²) in [4.78, 5) is 21.8. The van der Waals surface area contributed by atoms with Crippen LogP contribution >= 0.6 is 0 Å². The van der Waals surface area contributed by atoms with Gasteiger partial charge in [-0.1, -0.05) is 12.1 Å². The van der Waals surface area contributed by atoms with E-state index < -0.39 is 11.5 Å². The van der Waals surface area contributed by atoms with E-state index in [1.165, 1.54) is 0 Å². The number of primary amides is 1. The van der Waals surface area contributed by atoms with Gasteiger partial charge in [-0.3, -0.25) is 9.36 Å². The molecule has 4 rings (SSSR count). The number of carbonyl (C=O) groups excluding carboxylic acids is 1. The maximum absolute atomic E-state index is 12.3. The molecule has 8 heteroatoms. The monoisotopic (exact) mass is 419 g/mol. The number of anilines is 1. The van der Waals surface area contributed by atoms with Crippen LogP contribution in [0.4, 0.5) is 5.82 Å². The van der Waals surface area contributed by atoms with Crippen LogP contribution in [0.15, 0.2) is 30.3 Å². The van der Waals surface area contributed by atoms with E-state index >= 15 is 0 Å². The van der Waals surface area contributed by atoms with Crippen LogP contribution in [-0.2, 0) is 5.60 Å². The van der Waals surface area contributed by atoms with Crippen LogP contribution < -0.4 is 16.2 Å². The van der Waals surface area contributed by atoms with Gasteiger partial charge in [0.2, 0.25) is 0 Å². The molecular weight excluding hydrogens is 394 g/mol. The Kier molecular flexibility index (Phi) is 4.62. The zero-order chi connectivity index (χ0) is 22.7. The number of carbonyl (C=O) groups is 1. The minimum atomic E-state index is -1.04. The minimum Gasteiger partial charge on any atom is -0.496 e. The van der Waals surface area contributed by atoms with E-state index in [1.54, 1.807) is 43.7 Å². The lowest BCUT2D eigenvalue weighted by atomic mass is 9.98. The van der Waals surface area contributed by atoms with Gasteiger partial charge in [-0.05, 0) is 57.0 Å². The van der Waals surface area contributed by atoms with Crippen LogP contribution in [0.5, 0.6) is 5.75 Å². The summed E-state index contributed by atoms with van der Waals surface area (Å²) in [5.41, 5.74) is 16.3. The number of nitrogen functional groups attached to an aromatic ring is 1. The Bertz CT molecular complexity index is 1370. The molecule has 0 aliphatic carbocycles. The number of aryl methyl sites for hydroxylation is 1. The van der Waals surface area contributed by atoms with E-state index in [1.807, 2.05) is 26.0 Å². The predicted octanol–water partition coefficient (Wildman–Crippen LogP) is 3.11. The van der Waals surface area contributed by atoms with E-state index in [9.17, 15) is 9.90 Å². The fourth-order valence-electron chi connectivity index (χ4n) is 3.95. The summed E-state index contributed by atoms with van der Waals surface area (Å²) in [6, 6.07) is 9.14. The topological polar surface area (TPSA) is 129 Å². The maximum Gasteiger partial charge on any atom is 0.254 e. The number of hydrogen-bond donors (Lipinski definition) is 3. The number of aromatic nitrogens is 3. The van der Waals surface area contributed by atoms with Crippen LogP contribution in [0.1, 0.15) is 40.9 Å². The van der Waals surface area contributed by atoms with Crippen molar-refractivity contribution < 1.29 is 14.6 Å². The molecule has 0 atom stereocenters. The second-order valence-corrected chi connectivity index (χ2v) is 8.18. The van der Waals surface area contributed by atoms with E-state index in [2.05, 4.69) is 4.98 Å². The molecule has 0 aliphatic rings. The van der Waals surface area contributed by atoms with Gasteiger partial charge in [-0.15, -0.1) is 0 Å². The molecule has 5 N–H and O–H groups in total. The number of nitrogens with two attached hydrogens (primary N) is 2. The van der Waals surface area contributed by atoms with E-state index in [0.717, 1.165) is 16.8 Å². The van der Waals surface area contributed by atoms with E-state index in [-0.39, 0.29) is 11.4 Å². The summed E-state index contributed by atoms with van der Waals surface area (Å²) in [5, 5.41) is 10.4. The van der Waals surface area contributed by atoms with Crippen molar-refractivity contribution in [2.24, 2.45) is 5.73 Å². The summed E-state index contributed by atoms with van der Waals surface area (Å²) in [6.45, 7) is 7.25. The van der Waals surface area contributed by atoms with Gasteiger partial charge in [0, 0.05) is 5.56 Å². The SMILES string of the molecule is COc1ccc(C)c(-n2c(N)c(C(N)=O)c3nc4cc(C(C)(C)O)ccc4nc32)c1C. The summed E-state index contributed by atoms with van der Waals surface area (Å²) < 4.78 is 7.19. The molecule has 0 aliphatic heterocycles. The number of amides is 1. The molecule has 8 nitrogen and oxygen atoms in total. The molecule has 2 heterocycles. The van der Waals surface area contributed by atoms with Gasteiger partial charge in [-0.25, -0.2) is 9.97 Å². The zero-order valence-corrected chi connectivity index (χ0v) is 18.1. The Hall–Kier alpha value is -3.65. The maximum atomic E-state index is 12.3. The first-order chi connectivity index (χ1) is 14.5. The highest BCUT2D eigenvalue weighted by Gasteiger charge is 2.26. The van der Waals surface area contributed by atoms with Crippen LogP contribution in [0.3, 0.4) is 0 Å². The zero-order valence-electron chi connectivity index (χ0n) is 18.1. The van der Waals surface area contributed by atoms with Crippen LogP contribution in [-0.4, -0.2) is 32.7 Å². The molecule has 4 aromatic rings. The second-order valence-electron chi connectivity index (χ2n) is 8.18. The lowest BCUT2D eigenvalue weighted by molar-refractivity contribution is 0.0787. The highest BCUT2D eigenvalue weighted by atomic mass is 16.5. The van der Waals surface area contributed by atoms with Crippen molar-refractivity contribution in [1.29, 1.82) is 0 Å². The highest BCUT2D eigenvalue weighted by molar-refractivity contribution is 6.10. The number of benzene rings is 2. The number of hydrogen-bond acceptors (Lipinski definition) is 6. The van der Waals surface area contributed by atoms with E-state index in [4.69, 9.17) is 21.2 Å². The third-order valence-corrected chi connectivity index (χ3v) is 5.57. The largest absolute Gasteiger partial charge is 0.496 e. The van der Waals surface area contributed by atoms with Crippen molar-refractivity contribution in [2.45, 2.75) is 33.3 Å². The summed E-state index contributed by atoms with van der Waals surface area (Å²) in [5.74, 6) is 0.165. The van der Waals surface area contributed by atoms with Gasteiger partial charge in [-0.2, -0.15) is 0 Å². The first kappa shape index (κ1) is 20.6. The summed E-state index contributed by atoms with van der Waals surface area (Å²) in [6.07, 6.45) is 0. The smallest absolute Gasteiger partial charge is 0.254 e. The fourth-order valence-corrected chi connectivity index (χ4v) is 3.95. The van der Waals surface area contributed by atoms with Crippen molar-refractivity contribution in [2.75, 3.05) is 12.8 Å². The van der Waals surface area contributed by atoms with Crippen LogP contribution in [0, 0.1) is 13.8 Å². The Morgan fingerprint density at radius 3 is 2.45 bits per heavy atom. The van der Waals surface area contributed by atoms with Gasteiger partial charge in [0.25, 0.3) is 5.91 Å². The predicted molar refractivity (Wildman–Crippen MR) is 121 cm³/mol. The Morgan fingerprint density at radius 1 is 1.13 bits per heavy atom. The van der Waals surface area contributed by atoms with Gasteiger partial charge in [0.05, 0.1) is 29.4 Å². The molecule has 1 amide bonds. The lowest BCUT2D eigenvalue weighted by Gasteiger charge is -2.18. The molecule has 2 aromatic carbocycles. The molecule has 0 spiro atoms. The van der Waals surface area contributed by atoms with Crippen LogP contribution in [0.2, 0.25) is 0 Å². The number of fused-ring (bicyclic) bond motifs is 2. The number of nitrogens with zero attached hydrogens (tertiary/aromatic N) is 3. The Morgan fingerprint density at radius 2 is 1.84 bits per heavy atom. The van der Waals surface area contributed by atoms with Crippen molar-refractivity contribution in [3.63, 3.8) is 0 Å². The average molecular weight is 419 g/mol. The number of aliphatic hydroxyl groups is 1. The normalized spacial score (nSPS) is 11.9. The molecule has 31 heavy (non-hydrogen) atoms. The molecule has 160 valence electrons. The third kappa shape index (κ3) is 3.16. The van der Waals surface area contributed by atoms with Gasteiger partial charge < -0.3 is 21.3 Å². The van der Waals surface area contributed by atoms with Gasteiger partial charge in [0.1, 0.15) is 22.6 Å². The number of methoxy groups -OCH3 is 1. The molecule has 0 unspecified atom stereocenters. The molecule has 0 saturated carbocycles. The van der Waals surface area contributed by atoms with Gasteiger partial charge in [0.15, 0.2) is 5.65 Å². The fraction of sp³-hybridized carbons (Fsp3) is 0.261. The molecule has 0 bridgehead atoms. The summed E-state index contributed by atoms with van der Waals surface area (Å²) >= 11 is 0. The lowest BCUT2D eigenvalue weighted by Crippen LogP contribution is -2.15. The second kappa shape index (κ2) is 6.95. The first-order valence-corrected chi connectivity index (χ1v) is 9.83. The molecule has 0 radical (unpaired) electrons. The summed E-state index contributed by atoms with van der Waals surface area (Å²) in [7, 11) is 1.60. The van der Waals surface area contributed by atoms with Crippen molar-refractivity contribution >= 4 is 33.9 Å². The first-order valence-electron chi connectivity index (χ1n) is 9.83. The molecule has 0 saturated heterocycles. The Balaban J connectivity index is 2.14. The molecule has 2 aromatic heterocycles. The number of ether oxygens (including phenoxy) is 1.